The van der Waals surface area contributed by atoms with E-state index in [0.29, 0.717) is 29.4 Å². The van der Waals surface area contributed by atoms with Crippen LogP contribution in [0, 0.1) is 0 Å². The lowest BCUT2D eigenvalue weighted by molar-refractivity contribution is -0.140. The summed E-state index contributed by atoms with van der Waals surface area (Å²) in [6.07, 6.45) is 6.15. The Morgan fingerprint density at radius 1 is 1.00 bits per heavy atom. The van der Waals surface area contributed by atoms with E-state index in [-0.39, 0.29) is 29.1 Å². The van der Waals surface area contributed by atoms with Crippen LogP contribution in [0.1, 0.15) is 51.5 Å². The number of carbonyl (C=O) groups excluding carboxylic acids is 2. The summed E-state index contributed by atoms with van der Waals surface area (Å²) in [6, 6.07) is 19.7. The first-order valence-corrected chi connectivity index (χ1v) is 18.0. The van der Waals surface area contributed by atoms with E-state index < -0.39 is 28.5 Å². The zero-order valence-electron chi connectivity index (χ0n) is 25.4. The Bertz CT molecular complexity index is 1530. The zero-order chi connectivity index (χ0) is 31.7. The normalized spacial score (nSPS) is 14.2. The summed E-state index contributed by atoms with van der Waals surface area (Å²) in [5, 5.41) is 3.58. The molecule has 1 saturated carbocycles. The largest absolute Gasteiger partial charge is 0.492 e. The Morgan fingerprint density at radius 3 is 2.30 bits per heavy atom. The number of nitrogens with zero attached hydrogens (tertiary/aromatic N) is 2. The smallest absolute Gasteiger partial charge is 0.264 e. The molecule has 11 heteroatoms. The predicted molar refractivity (Wildman–Crippen MR) is 177 cm³/mol. The number of rotatable bonds is 14. The van der Waals surface area contributed by atoms with Gasteiger partial charge in [0.15, 0.2) is 0 Å². The average molecular weight is 658 g/mol. The van der Waals surface area contributed by atoms with Crippen LogP contribution in [-0.4, -0.2) is 56.6 Å². The van der Waals surface area contributed by atoms with E-state index in [1.54, 1.807) is 54.6 Å². The standard InChI is InChI=1S/C33H40ClN3O5S2/c1-4-29(33(39)35-25-13-7-8-14-25)36(22-24-12-6-9-15-28(24)34)32(38)23-37(30-16-10-11-17-31(30)42-5-2)44(40,41)27-20-18-26(43-3)19-21-27/h6,9-12,15-21,25,29H,4-5,7-8,13-14,22-23H2,1-3H3,(H,35,39). The summed E-state index contributed by atoms with van der Waals surface area (Å²) in [5.74, 6) is -0.457. The maximum absolute atomic E-state index is 14.4. The molecule has 44 heavy (non-hydrogen) atoms. The van der Waals surface area contributed by atoms with Gasteiger partial charge in [-0.15, -0.1) is 11.8 Å². The van der Waals surface area contributed by atoms with Gasteiger partial charge in [-0.25, -0.2) is 8.42 Å². The first-order chi connectivity index (χ1) is 21.2. The van der Waals surface area contributed by atoms with Gasteiger partial charge in [0.1, 0.15) is 18.3 Å². The molecule has 4 rings (SSSR count). The van der Waals surface area contributed by atoms with Crippen molar-refractivity contribution in [1.82, 2.24) is 10.2 Å². The van der Waals surface area contributed by atoms with E-state index in [1.807, 2.05) is 26.2 Å². The number of carbonyl (C=O) groups is 2. The number of anilines is 1. The Morgan fingerprint density at radius 2 is 1.66 bits per heavy atom. The molecule has 1 atom stereocenters. The molecular formula is C33H40ClN3O5S2. The fourth-order valence-corrected chi connectivity index (χ4v) is 7.45. The van der Waals surface area contributed by atoms with Crippen LogP contribution in [0.25, 0.3) is 0 Å². The molecule has 1 unspecified atom stereocenters. The summed E-state index contributed by atoms with van der Waals surface area (Å²) in [6.45, 7) is 3.45. The number of sulfonamides is 1. The van der Waals surface area contributed by atoms with Crippen LogP contribution in [0.15, 0.2) is 82.6 Å². The highest BCUT2D eigenvalue weighted by Crippen LogP contribution is 2.33. The van der Waals surface area contributed by atoms with E-state index in [0.717, 1.165) is 34.9 Å². The lowest BCUT2D eigenvalue weighted by Crippen LogP contribution is -2.53. The highest BCUT2D eigenvalue weighted by atomic mass is 35.5. The molecule has 8 nitrogen and oxygen atoms in total. The second-order valence-corrected chi connectivity index (χ2v) is 13.8. The van der Waals surface area contributed by atoms with Gasteiger partial charge >= 0.3 is 0 Å². The van der Waals surface area contributed by atoms with Crippen LogP contribution < -0.4 is 14.4 Å². The van der Waals surface area contributed by atoms with Crippen molar-refractivity contribution >= 4 is 50.9 Å². The van der Waals surface area contributed by atoms with Crippen LogP contribution in [0.5, 0.6) is 5.75 Å². The molecule has 1 N–H and O–H groups in total. The number of halogens is 1. The van der Waals surface area contributed by atoms with Crippen molar-refractivity contribution in [3.8, 4) is 5.75 Å². The minimum atomic E-state index is -4.23. The molecular weight excluding hydrogens is 618 g/mol. The molecule has 1 aliphatic carbocycles. The van der Waals surface area contributed by atoms with Crippen LogP contribution in [0.3, 0.4) is 0 Å². The fraction of sp³-hybridized carbons (Fsp3) is 0.394. The average Bonchev–Trinajstić information content (AvgIpc) is 3.54. The van der Waals surface area contributed by atoms with Gasteiger partial charge in [0.2, 0.25) is 11.8 Å². The van der Waals surface area contributed by atoms with E-state index in [4.69, 9.17) is 16.3 Å². The van der Waals surface area contributed by atoms with Gasteiger partial charge in [-0.1, -0.05) is 61.7 Å². The topological polar surface area (TPSA) is 96.0 Å². The van der Waals surface area contributed by atoms with E-state index in [9.17, 15) is 18.0 Å². The molecule has 0 saturated heterocycles. The number of hydrogen-bond donors (Lipinski definition) is 1. The minimum Gasteiger partial charge on any atom is -0.492 e. The Balaban J connectivity index is 1.76. The highest BCUT2D eigenvalue weighted by Gasteiger charge is 2.35. The SMILES string of the molecule is CCOc1ccccc1N(CC(=O)N(Cc1ccccc1Cl)C(CC)C(=O)NC1CCCC1)S(=O)(=O)c1ccc(SC)cc1. The Labute approximate surface area is 270 Å². The minimum absolute atomic E-state index is 0.0399. The van der Waals surface area contributed by atoms with Crippen LogP contribution in [-0.2, 0) is 26.2 Å². The monoisotopic (exact) mass is 657 g/mol. The summed E-state index contributed by atoms with van der Waals surface area (Å²) in [7, 11) is -4.23. The van der Waals surface area contributed by atoms with Crippen molar-refractivity contribution in [1.29, 1.82) is 0 Å². The number of ether oxygens (including phenoxy) is 1. The molecule has 0 aromatic heterocycles. The molecule has 236 valence electrons. The lowest BCUT2D eigenvalue weighted by atomic mass is 10.1. The second-order valence-electron chi connectivity index (χ2n) is 10.6. The molecule has 2 amide bonds. The molecule has 0 aliphatic heterocycles. The summed E-state index contributed by atoms with van der Waals surface area (Å²) in [5.41, 5.74) is 0.893. The Hall–Kier alpha value is -3.21. The maximum atomic E-state index is 14.4. The van der Waals surface area contributed by atoms with Gasteiger partial charge in [0.05, 0.1) is 17.2 Å². The van der Waals surface area contributed by atoms with Crippen molar-refractivity contribution < 1.29 is 22.7 Å². The highest BCUT2D eigenvalue weighted by molar-refractivity contribution is 7.98. The van der Waals surface area contributed by atoms with Gasteiger partial charge in [-0.2, -0.15) is 0 Å². The van der Waals surface area contributed by atoms with Crippen molar-refractivity contribution in [2.45, 2.75) is 74.4 Å². The number of nitrogens with one attached hydrogen (secondary N) is 1. The molecule has 0 spiro atoms. The second kappa shape index (κ2) is 15.7. The van der Waals surface area contributed by atoms with Gasteiger partial charge in [0.25, 0.3) is 10.0 Å². The lowest BCUT2D eigenvalue weighted by Gasteiger charge is -2.34. The molecule has 0 heterocycles. The molecule has 0 radical (unpaired) electrons. The summed E-state index contributed by atoms with van der Waals surface area (Å²) in [4.78, 5) is 30.4. The molecule has 1 aliphatic rings. The van der Waals surface area contributed by atoms with Crippen molar-refractivity contribution in [3.05, 3.63) is 83.4 Å². The zero-order valence-corrected chi connectivity index (χ0v) is 27.8. The summed E-state index contributed by atoms with van der Waals surface area (Å²) >= 11 is 8.01. The van der Waals surface area contributed by atoms with Crippen molar-refractivity contribution in [2.24, 2.45) is 0 Å². The van der Waals surface area contributed by atoms with E-state index >= 15 is 0 Å². The molecule has 3 aromatic carbocycles. The summed E-state index contributed by atoms with van der Waals surface area (Å²) < 4.78 is 35.4. The first kappa shape index (κ1) is 33.7. The maximum Gasteiger partial charge on any atom is 0.264 e. The van der Waals surface area contributed by atoms with E-state index in [1.165, 1.54) is 28.8 Å². The Kier molecular flexibility index (Phi) is 12.0. The molecule has 3 aromatic rings. The van der Waals surface area contributed by atoms with Crippen molar-refractivity contribution in [3.63, 3.8) is 0 Å². The number of hydrogen-bond acceptors (Lipinski definition) is 6. The first-order valence-electron chi connectivity index (χ1n) is 14.9. The third-order valence-electron chi connectivity index (χ3n) is 7.75. The third-order valence-corrected chi connectivity index (χ3v) is 10.6. The molecule has 1 fully saturated rings. The van der Waals surface area contributed by atoms with E-state index in [2.05, 4.69) is 5.32 Å². The number of thioether (sulfide) groups is 1. The van der Waals surface area contributed by atoms with Crippen LogP contribution in [0.4, 0.5) is 5.69 Å². The van der Waals surface area contributed by atoms with Gasteiger partial charge < -0.3 is 15.0 Å². The van der Waals surface area contributed by atoms with Gasteiger partial charge in [-0.3, -0.25) is 13.9 Å². The number of para-hydroxylation sites is 2. The molecule has 0 bridgehead atoms. The third kappa shape index (κ3) is 8.08. The van der Waals surface area contributed by atoms with Crippen LogP contribution >= 0.6 is 23.4 Å². The van der Waals surface area contributed by atoms with Gasteiger partial charge in [-0.05, 0) is 80.5 Å². The number of amides is 2. The van der Waals surface area contributed by atoms with Gasteiger partial charge in [0, 0.05) is 22.5 Å². The van der Waals surface area contributed by atoms with Crippen molar-refractivity contribution in [2.75, 3.05) is 23.7 Å². The number of benzene rings is 3. The predicted octanol–water partition coefficient (Wildman–Crippen LogP) is 6.52. The fourth-order valence-electron chi connectivity index (χ4n) is 5.43. The van der Waals surface area contributed by atoms with Crippen LogP contribution in [0.2, 0.25) is 5.02 Å². The quantitative estimate of drug-likeness (QED) is 0.198.